The van der Waals surface area contributed by atoms with Gasteiger partial charge in [0.15, 0.2) is 5.96 Å². The molecule has 1 heterocycles. The van der Waals surface area contributed by atoms with Crippen LogP contribution >= 0.6 is 34.8 Å². The van der Waals surface area contributed by atoms with Gasteiger partial charge in [-0.2, -0.15) is 0 Å². The molecular formula is C15H12Cl3N3. The molecule has 108 valence electrons. The summed E-state index contributed by atoms with van der Waals surface area (Å²) in [4.78, 5) is 6.23. The second-order valence-electron chi connectivity index (χ2n) is 4.74. The summed E-state index contributed by atoms with van der Waals surface area (Å²) in [6, 6.07) is 12.9. The zero-order valence-electron chi connectivity index (χ0n) is 10.9. The van der Waals surface area contributed by atoms with Gasteiger partial charge in [0.25, 0.3) is 0 Å². The van der Waals surface area contributed by atoms with Crippen molar-refractivity contribution in [3.8, 4) is 0 Å². The van der Waals surface area contributed by atoms with Gasteiger partial charge in [0, 0.05) is 10.0 Å². The Labute approximate surface area is 137 Å². The van der Waals surface area contributed by atoms with E-state index >= 15 is 0 Å². The first kappa shape index (κ1) is 14.5. The molecule has 0 bridgehead atoms. The Kier molecular flexibility index (Phi) is 3.98. The van der Waals surface area contributed by atoms with Gasteiger partial charge in [0.05, 0.1) is 23.3 Å². The summed E-state index contributed by atoms with van der Waals surface area (Å²) in [5.41, 5.74) is 7.81. The molecule has 0 amide bonds. The van der Waals surface area contributed by atoms with E-state index in [9.17, 15) is 0 Å². The summed E-state index contributed by atoms with van der Waals surface area (Å²) in [6.45, 7) is 0.535. The van der Waals surface area contributed by atoms with Crippen LogP contribution < -0.4 is 10.6 Å². The number of guanidine groups is 1. The summed E-state index contributed by atoms with van der Waals surface area (Å²) in [6.07, 6.45) is 0. The van der Waals surface area contributed by atoms with E-state index in [-0.39, 0.29) is 6.04 Å². The van der Waals surface area contributed by atoms with Crippen LogP contribution in [0.25, 0.3) is 0 Å². The molecule has 2 aromatic carbocycles. The van der Waals surface area contributed by atoms with Crippen molar-refractivity contribution in [2.24, 2.45) is 10.7 Å². The predicted molar refractivity (Wildman–Crippen MR) is 89.6 cm³/mol. The molecule has 1 aliphatic rings. The highest BCUT2D eigenvalue weighted by Gasteiger charge is 2.30. The number of benzene rings is 2. The number of nitrogens with zero attached hydrogens (tertiary/aromatic N) is 2. The number of aliphatic imine (C=N–C) groups is 1. The van der Waals surface area contributed by atoms with E-state index in [1.165, 1.54) is 0 Å². The van der Waals surface area contributed by atoms with Crippen LogP contribution in [0.3, 0.4) is 0 Å². The van der Waals surface area contributed by atoms with Crippen LogP contribution in [-0.4, -0.2) is 12.5 Å². The molecule has 1 unspecified atom stereocenters. The summed E-state index contributed by atoms with van der Waals surface area (Å²) < 4.78 is 0. The summed E-state index contributed by atoms with van der Waals surface area (Å²) in [5, 5.41) is 1.79. The molecule has 1 aliphatic heterocycles. The minimum absolute atomic E-state index is 0.0684. The molecule has 0 aliphatic carbocycles. The number of hydrogen-bond acceptors (Lipinski definition) is 3. The van der Waals surface area contributed by atoms with Gasteiger partial charge in [-0.25, -0.2) is 0 Å². The second kappa shape index (κ2) is 5.76. The quantitative estimate of drug-likeness (QED) is 0.873. The van der Waals surface area contributed by atoms with Crippen LogP contribution in [0.15, 0.2) is 47.5 Å². The third-order valence-electron chi connectivity index (χ3n) is 3.37. The molecule has 0 spiro atoms. The van der Waals surface area contributed by atoms with Crippen molar-refractivity contribution in [1.29, 1.82) is 0 Å². The molecule has 0 saturated carbocycles. The fourth-order valence-corrected chi connectivity index (χ4v) is 3.23. The molecule has 1 atom stereocenters. The van der Waals surface area contributed by atoms with Gasteiger partial charge in [-0.1, -0.05) is 46.9 Å². The van der Waals surface area contributed by atoms with Gasteiger partial charge in [-0.05, 0) is 35.9 Å². The first-order valence-electron chi connectivity index (χ1n) is 6.36. The number of nitrogens with two attached hydrogens (primary N) is 1. The normalized spacial score (nSPS) is 18.0. The molecule has 21 heavy (non-hydrogen) atoms. The molecule has 0 fully saturated rings. The van der Waals surface area contributed by atoms with E-state index in [0.29, 0.717) is 27.6 Å². The van der Waals surface area contributed by atoms with Crippen molar-refractivity contribution in [3.63, 3.8) is 0 Å². The molecule has 6 heteroatoms. The molecule has 0 aromatic heterocycles. The first-order valence-corrected chi connectivity index (χ1v) is 7.49. The molecule has 2 N–H and O–H groups in total. The Balaban J connectivity index is 2.05. The van der Waals surface area contributed by atoms with E-state index in [1.807, 2.05) is 41.3 Å². The smallest absolute Gasteiger partial charge is 0.196 e. The minimum Gasteiger partial charge on any atom is -0.369 e. The zero-order chi connectivity index (χ0) is 15.0. The maximum absolute atomic E-state index is 6.28. The Morgan fingerprint density at radius 3 is 2.38 bits per heavy atom. The second-order valence-corrected chi connectivity index (χ2v) is 6.02. The molecule has 0 radical (unpaired) electrons. The van der Waals surface area contributed by atoms with E-state index in [0.717, 1.165) is 11.3 Å². The highest BCUT2D eigenvalue weighted by Crippen LogP contribution is 2.36. The van der Waals surface area contributed by atoms with Crippen LogP contribution in [0, 0.1) is 0 Å². The highest BCUT2D eigenvalue weighted by molar-refractivity contribution is 6.35. The average Bonchev–Trinajstić information content (AvgIpc) is 2.80. The predicted octanol–water partition coefficient (Wildman–Crippen LogP) is 4.52. The fourth-order valence-electron chi connectivity index (χ4n) is 2.46. The number of rotatable bonds is 2. The number of hydrogen-bond donors (Lipinski definition) is 1. The largest absolute Gasteiger partial charge is 0.369 e. The van der Waals surface area contributed by atoms with Gasteiger partial charge >= 0.3 is 0 Å². The number of anilines is 1. The summed E-state index contributed by atoms with van der Waals surface area (Å²) in [7, 11) is 0. The van der Waals surface area contributed by atoms with E-state index in [1.54, 1.807) is 6.07 Å². The van der Waals surface area contributed by atoms with Gasteiger partial charge in [0.1, 0.15) is 0 Å². The van der Waals surface area contributed by atoms with E-state index in [2.05, 4.69) is 4.99 Å². The average molecular weight is 341 g/mol. The maximum Gasteiger partial charge on any atom is 0.196 e. The van der Waals surface area contributed by atoms with Crippen LogP contribution in [0.1, 0.15) is 11.6 Å². The van der Waals surface area contributed by atoms with E-state index in [4.69, 9.17) is 40.5 Å². The van der Waals surface area contributed by atoms with Gasteiger partial charge < -0.3 is 10.6 Å². The first-order chi connectivity index (χ1) is 10.1. The maximum atomic E-state index is 6.28. The lowest BCUT2D eigenvalue weighted by Crippen LogP contribution is -2.36. The van der Waals surface area contributed by atoms with Crippen molar-refractivity contribution in [2.75, 3.05) is 11.4 Å². The van der Waals surface area contributed by atoms with Crippen molar-refractivity contribution >= 4 is 46.4 Å². The molecule has 3 rings (SSSR count). The highest BCUT2D eigenvalue weighted by atomic mass is 35.5. The van der Waals surface area contributed by atoms with Crippen molar-refractivity contribution in [1.82, 2.24) is 0 Å². The molecule has 2 aromatic rings. The minimum atomic E-state index is -0.0684. The Morgan fingerprint density at radius 1 is 1.05 bits per heavy atom. The Morgan fingerprint density at radius 2 is 1.71 bits per heavy atom. The van der Waals surface area contributed by atoms with Crippen LogP contribution in [-0.2, 0) is 0 Å². The summed E-state index contributed by atoms with van der Waals surface area (Å²) >= 11 is 18.5. The standard InChI is InChI=1S/C15H12Cl3N3/c16-10-5-9(6-11(17)7-10)14-8-20-15(19)21(14)13-4-2-1-3-12(13)18/h1-7,14H,8H2,(H2,19,20). The lowest BCUT2D eigenvalue weighted by molar-refractivity contribution is 0.769. The van der Waals surface area contributed by atoms with Gasteiger partial charge in [-0.3, -0.25) is 4.99 Å². The number of para-hydroxylation sites is 1. The third kappa shape index (κ3) is 2.82. The molecular weight excluding hydrogens is 329 g/mol. The van der Waals surface area contributed by atoms with Crippen LogP contribution in [0.2, 0.25) is 15.1 Å². The zero-order valence-corrected chi connectivity index (χ0v) is 13.2. The van der Waals surface area contributed by atoms with Crippen molar-refractivity contribution in [2.45, 2.75) is 6.04 Å². The monoisotopic (exact) mass is 339 g/mol. The lowest BCUT2D eigenvalue weighted by atomic mass is 10.1. The lowest BCUT2D eigenvalue weighted by Gasteiger charge is -2.27. The van der Waals surface area contributed by atoms with Crippen LogP contribution in [0.4, 0.5) is 5.69 Å². The fraction of sp³-hybridized carbons (Fsp3) is 0.133. The topological polar surface area (TPSA) is 41.6 Å². The molecule has 3 nitrogen and oxygen atoms in total. The SMILES string of the molecule is NC1=NCC(c2cc(Cl)cc(Cl)c2)N1c1ccccc1Cl. The molecule has 0 saturated heterocycles. The third-order valence-corrected chi connectivity index (χ3v) is 4.12. The van der Waals surface area contributed by atoms with Crippen molar-refractivity contribution < 1.29 is 0 Å². The summed E-state index contributed by atoms with van der Waals surface area (Å²) in [5.74, 6) is 0.434. The van der Waals surface area contributed by atoms with Crippen molar-refractivity contribution in [3.05, 3.63) is 63.1 Å². The van der Waals surface area contributed by atoms with Gasteiger partial charge in [0.2, 0.25) is 0 Å². The Bertz CT molecular complexity index is 695. The van der Waals surface area contributed by atoms with Gasteiger partial charge in [-0.15, -0.1) is 0 Å². The Hall–Kier alpha value is -1.42. The number of halogens is 3. The van der Waals surface area contributed by atoms with Crippen LogP contribution in [0.5, 0.6) is 0 Å². The van der Waals surface area contributed by atoms with E-state index < -0.39 is 0 Å².